The van der Waals surface area contributed by atoms with Crippen LogP contribution in [0.4, 0.5) is 68.2 Å². The van der Waals surface area contributed by atoms with Crippen LogP contribution in [0, 0.1) is 0 Å². The van der Waals surface area contributed by atoms with Gasteiger partial charge in [0.25, 0.3) is 0 Å². The van der Waals surface area contributed by atoms with Crippen LogP contribution in [0.15, 0.2) is 261 Å². The first-order chi connectivity index (χ1) is 33.5. The largest absolute Gasteiger partial charge is 0.312 e. The molecule has 10 aromatic carbocycles. The summed E-state index contributed by atoms with van der Waals surface area (Å²) < 4.78 is 0. The number of para-hydroxylation sites is 6. The molecule has 324 valence electrons. The maximum Gasteiger partial charge on any atom is 0.247 e. The molecule has 2 aliphatic heterocycles. The van der Waals surface area contributed by atoms with Crippen LogP contribution in [0.5, 0.6) is 0 Å². The summed E-state index contributed by atoms with van der Waals surface area (Å²) in [5, 5.41) is 0. The van der Waals surface area contributed by atoms with Crippen molar-refractivity contribution in [3.05, 3.63) is 272 Å². The van der Waals surface area contributed by atoms with Gasteiger partial charge in [-0.15, -0.1) is 0 Å². The average molecular weight is 873 g/mol. The van der Waals surface area contributed by atoms with Gasteiger partial charge in [0.05, 0.1) is 0 Å². The second kappa shape index (κ2) is 17.0. The van der Waals surface area contributed by atoms with Gasteiger partial charge in [-0.2, -0.15) is 0 Å². The predicted molar refractivity (Wildman–Crippen MR) is 288 cm³/mol. The van der Waals surface area contributed by atoms with Gasteiger partial charge in [-0.3, -0.25) is 0 Å². The van der Waals surface area contributed by atoms with E-state index in [4.69, 9.17) is 0 Å². The Balaban J connectivity index is 1.12. The van der Waals surface area contributed by atoms with E-state index in [9.17, 15) is 0 Å². The fourth-order valence-electron chi connectivity index (χ4n) is 10.9. The molecule has 12 rings (SSSR count). The molecule has 0 fully saturated rings. The third-order valence-electron chi connectivity index (χ3n) is 13.8. The summed E-state index contributed by atoms with van der Waals surface area (Å²) >= 11 is 0. The first-order valence-corrected chi connectivity index (χ1v) is 23.6. The lowest BCUT2D eigenvalue weighted by Crippen LogP contribution is -2.64. The third kappa shape index (κ3) is 6.94. The monoisotopic (exact) mass is 872 g/mol. The second-order valence-corrected chi connectivity index (χ2v) is 18.2. The predicted octanol–water partition coefficient (Wildman–Crippen LogP) is 15.0. The third-order valence-corrected chi connectivity index (χ3v) is 13.8. The Morgan fingerprint density at radius 1 is 0.338 bits per heavy atom. The van der Waals surface area contributed by atoms with Crippen molar-refractivity contribution >= 4 is 91.3 Å². The lowest BCUT2D eigenvalue weighted by atomic mass is 9.30. The molecule has 5 heteroatoms. The molecule has 0 spiro atoms. The quantitative estimate of drug-likeness (QED) is 0.127. The van der Waals surface area contributed by atoms with Crippen LogP contribution >= 0.6 is 0 Å². The number of hydrogen-bond donors (Lipinski definition) is 0. The zero-order valence-corrected chi connectivity index (χ0v) is 38.2. The highest BCUT2D eigenvalue weighted by Gasteiger charge is 2.48. The number of fused-ring (bicyclic) bond motifs is 4. The van der Waals surface area contributed by atoms with Crippen molar-refractivity contribution < 1.29 is 0 Å². The molecule has 0 N–H and O–H groups in total. The maximum atomic E-state index is 2.52. The van der Waals surface area contributed by atoms with E-state index >= 15 is 0 Å². The van der Waals surface area contributed by atoms with Gasteiger partial charge >= 0.3 is 0 Å². The average Bonchev–Trinajstić information content (AvgIpc) is 3.40. The molecule has 0 saturated carbocycles. The van der Waals surface area contributed by atoms with Gasteiger partial charge in [0.2, 0.25) is 6.71 Å². The van der Waals surface area contributed by atoms with Crippen LogP contribution in [0.2, 0.25) is 0 Å². The standard InChI is InChI=1S/C63H49BN4/c1-63(2)55-35-21-22-36-56(55)64-57-45-54(66(48-27-13-5-14-28-48)49-29-15-6-16-30-49)41-42-58(57)68(53-39-37-52(38-40-53)65(46-23-9-3-10-24-46)47-25-11-4-12-26-47)60-44-43-59(61(63)62(60)64)67(50-31-17-7-18-32-50)51-33-19-8-20-34-51/h3-45H,1-2H3. The number of hydrogen-bond acceptors (Lipinski definition) is 4. The lowest BCUT2D eigenvalue weighted by molar-refractivity contribution is 0.646. The first kappa shape index (κ1) is 40.9. The summed E-state index contributed by atoms with van der Waals surface area (Å²) in [7, 11) is 0. The Labute approximate surface area is 400 Å². The number of rotatable bonds is 10. The first-order valence-electron chi connectivity index (χ1n) is 23.6. The molecule has 10 aromatic rings. The molecule has 2 aliphatic rings. The Morgan fingerprint density at radius 3 is 1.21 bits per heavy atom. The molecule has 4 nitrogen and oxygen atoms in total. The number of benzene rings is 10. The Kier molecular flexibility index (Phi) is 10.3. The van der Waals surface area contributed by atoms with Crippen LogP contribution in [0.3, 0.4) is 0 Å². The van der Waals surface area contributed by atoms with Crippen LogP contribution < -0.4 is 36.0 Å². The maximum absolute atomic E-state index is 2.52. The van der Waals surface area contributed by atoms with E-state index in [0.717, 1.165) is 51.2 Å². The summed E-state index contributed by atoms with van der Waals surface area (Å²) in [5.41, 5.74) is 19.7. The molecule has 2 heterocycles. The minimum absolute atomic E-state index is 0.0527. The van der Waals surface area contributed by atoms with Crippen molar-refractivity contribution in [3.63, 3.8) is 0 Å². The smallest absolute Gasteiger partial charge is 0.247 e. The van der Waals surface area contributed by atoms with Crippen LogP contribution in [-0.2, 0) is 5.41 Å². The van der Waals surface area contributed by atoms with Crippen LogP contribution in [0.25, 0.3) is 0 Å². The molecule has 0 bridgehead atoms. The SMILES string of the molecule is CC1(C)c2ccccc2B2c3cc(N(c4ccccc4)c4ccccc4)ccc3N(c3ccc(N(c4ccccc4)c4ccccc4)cc3)c3ccc(N(c4ccccc4)c4ccccc4)c1c32. The molecule has 0 radical (unpaired) electrons. The van der Waals surface area contributed by atoms with Crippen LogP contribution in [-0.4, -0.2) is 6.71 Å². The zero-order valence-electron chi connectivity index (χ0n) is 38.2. The van der Waals surface area contributed by atoms with Gasteiger partial charge in [-0.05, 0) is 149 Å². The van der Waals surface area contributed by atoms with Gasteiger partial charge in [0.15, 0.2) is 0 Å². The van der Waals surface area contributed by atoms with Gasteiger partial charge in [-0.1, -0.05) is 153 Å². The van der Waals surface area contributed by atoms with Gasteiger partial charge in [0.1, 0.15) is 0 Å². The van der Waals surface area contributed by atoms with Crippen molar-refractivity contribution in [1.29, 1.82) is 0 Å². The van der Waals surface area contributed by atoms with Crippen molar-refractivity contribution in [1.82, 2.24) is 0 Å². The Bertz CT molecular complexity index is 3250. The number of nitrogens with zero attached hydrogens (tertiary/aromatic N) is 4. The van der Waals surface area contributed by atoms with E-state index in [2.05, 4.69) is 294 Å². The summed E-state index contributed by atoms with van der Waals surface area (Å²) in [4.78, 5) is 9.70. The molecule has 0 atom stereocenters. The van der Waals surface area contributed by atoms with Gasteiger partial charge in [-0.25, -0.2) is 0 Å². The fraction of sp³-hybridized carbons (Fsp3) is 0.0476. The van der Waals surface area contributed by atoms with E-state index in [1.54, 1.807) is 0 Å². The summed E-state index contributed by atoms with van der Waals surface area (Å²) in [5.74, 6) is 0. The van der Waals surface area contributed by atoms with Crippen LogP contribution in [0.1, 0.15) is 25.0 Å². The highest BCUT2D eigenvalue weighted by Crippen LogP contribution is 2.50. The Morgan fingerprint density at radius 2 is 0.721 bits per heavy atom. The van der Waals surface area contributed by atoms with Gasteiger partial charge in [0, 0.05) is 73.7 Å². The van der Waals surface area contributed by atoms with Gasteiger partial charge < -0.3 is 19.6 Å². The highest BCUT2D eigenvalue weighted by molar-refractivity contribution is 6.99. The van der Waals surface area contributed by atoms with E-state index in [0.29, 0.717) is 0 Å². The minimum Gasteiger partial charge on any atom is -0.312 e. The summed E-state index contributed by atoms with van der Waals surface area (Å²) in [6.45, 7) is 4.80. The highest BCUT2D eigenvalue weighted by atomic mass is 15.2. The van der Waals surface area contributed by atoms with Crippen molar-refractivity contribution in [2.75, 3.05) is 19.6 Å². The van der Waals surface area contributed by atoms with E-state index in [-0.39, 0.29) is 12.1 Å². The van der Waals surface area contributed by atoms with E-state index in [1.165, 1.54) is 44.6 Å². The second-order valence-electron chi connectivity index (χ2n) is 18.2. The molecular weight excluding hydrogens is 824 g/mol. The summed E-state index contributed by atoms with van der Waals surface area (Å²) in [6.07, 6.45) is 0. The zero-order chi connectivity index (χ0) is 45.6. The fourth-order valence-corrected chi connectivity index (χ4v) is 10.9. The molecule has 0 aromatic heterocycles. The molecule has 0 saturated heterocycles. The van der Waals surface area contributed by atoms with Crippen molar-refractivity contribution in [2.24, 2.45) is 0 Å². The van der Waals surface area contributed by atoms with E-state index < -0.39 is 0 Å². The molecule has 0 aliphatic carbocycles. The number of anilines is 12. The van der Waals surface area contributed by atoms with Crippen molar-refractivity contribution in [2.45, 2.75) is 19.3 Å². The molecular formula is C63H49BN4. The van der Waals surface area contributed by atoms with E-state index in [1.807, 2.05) is 0 Å². The normalized spacial score (nSPS) is 12.9. The van der Waals surface area contributed by atoms with Crippen molar-refractivity contribution in [3.8, 4) is 0 Å². The topological polar surface area (TPSA) is 13.0 Å². The molecule has 0 amide bonds. The molecule has 68 heavy (non-hydrogen) atoms. The minimum atomic E-state index is -0.369. The lowest BCUT2D eigenvalue weighted by Gasteiger charge is -2.47. The summed E-state index contributed by atoms with van der Waals surface area (Å²) in [6, 6.07) is 94.7. The Hall–Kier alpha value is -8.54. The molecule has 0 unspecified atom stereocenters.